The van der Waals surface area contributed by atoms with Gasteiger partial charge < -0.3 is 4.57 Å². The molecule has 2 aromatic heterocycles. The molecule has 3 aromatic rings. The van der Waals surface area contributed by atoms with Crippen molar-refractivity contribution in [3.63, 3.8) is 0 Å². The van der Waals surface area contributed by atoms with Crippen LogP contribution in [0.15, 0.2) is 57.4 Å². The number of thiophene rings is 1. The summed E-state index contributed by atoms with van der Waals surface area (Å²) in [5, 5.41) is 3.99. The molecule has 0 aliphatic rings. The number of hydrogen-bond donors (Lipinski definition) is 1. The largest absolute Gasteiger partial charge is 0.319 e. The lowest BCUT2D eigenvalue weighted by atomic mass is 10.2. The van der Waals surface area contributed by atoms with Gasteiger partial charge in [-0.3, -0.25) is 4.79 Å². The van der Waals surface area contributed by atoms with Gasteiger partial charge in [-0.15, -0.1) is 11.3 Å². The molecule has 0 fully saturated rings. The molecule has 0 saturated heterocycles. The van der Waals surface area contributed by atoms with Gasteiger partial charge in [0.25, 0.3) is 5.91 Å². The minimum atomic E-state index is -0.227. The predicted octanol–water partition coefficient (Wildman–Crippen LogP) is 4.68. The number of hydrogen-bond acceptors (Lipinski definition) is 3. The third-order valence-corrected chi connectivity index (χ3v) is 5.17. The fourth-order valence-corrected chi connectivity index (χ4v) is 3.75. The summed E-state index contributed by atoms with van der Waals surface area (Å²) in [7, 11) is 0. The molecule has 0 radical (unpaired) electrons. The zero-order valence-corrected chi connectivity index (χ0v) is 15.7. The molecule has 24 heavy (non-hydrogen) atoms. The van der Waals surface area contributed by atoms with Crippen LogP contribution in [0.5, 0.6) is 0 Å². The van der Waals surface area contributed by atoms with Crippen LogP contribution >= 0.6 is 27.3 Å². The van der Waals surface area contributed by atoms with Gasteiger partial charge >= 0.3 is 0 Å². The van der Waals surface area contributed by atoms with Gasteiger partial charge in [0.2, 0.25) is 0 Å². The maximum absolute atomic E-state index is 12.1. The third kappa shape index (κ3) is 3.66. The standard InChI is InChI=1S/C18H16BrN3OS/c1-12-3-4-13(2)22(12)15-7-5-14(6-8-15)18(23)21-20-11-16-9-10-17(19)24-16/h3-11H,1-2H3,(H,21,23)/b20-11-. The first-order valence-electron chi connectivity index (χ1n) is 7.39. The van der Waals surface area contributed by atoms with Crippen molar-refractivity contribution in [3.8, 4) is 5.69 Å². The Morgan fingerprint density at radius 3 is 2.33 bits per heavy atom. The number of benzene rings is 1. The molecular weight excluding hydrogens is 386 g/mol. The van der Waals surface area contributed by atoms with E-state index in [1.165, 1.54) is 0 Å². The number of carbonyl (C=O) groups excluding carboxylic acids is 1. The zero-order valence-electron chi connectivity index (χ0n) is 13.3. The average molecular weight is 402 g/mol. The van der Waals surface area contributed by atoms with E-state index in [1.54, 1.807) is 29.7 Å². The fraction of sp³-hybridized carbons (Fsp3) is 0.111. The van der Waals surface area contributed by atoms with E-state index in [2.05, 4.69) is 57.0 Å². The lowest BCUT2D eigenvalue weighted by Crippen LogP contribution is -2.17. The number of rotatable bonds is 4. The highest BCUT2D eigenvalue weighted by molar-refractivity contribution is 9.11. The van der Waals surface area contributed by atoms with Gasteiger partial charge in [0.05, 0.1) is 10.0 Å². The molecule has 0 aliphatic heterocycles. The summed E-state index contributed by atoms with van der Waals surface area (Å²) < 4.78 is 3.18. The van der Waals surface area contributed by atoms with Crippen molar-refractivity contribution in [3.05, 3.63) is 74.1 Å². The lowest BCUT2D eigenvalue weighted by molar-refractivity contribution is 0.0955. The second-order valence-electron chi connectivity index (χ2n) is 5.34. The van der Waals surface area contributed by atoms with Crippen molar-refractivity contribution in [1.82, 2.24) is 9.99 Å². The van der Waals surface area contributed by atoms with Crippen LogP contribution in [0, 0.1) is 13.8 Å². The topological polar surface area (TPSA) is 46.4 Å². The van der Waals surface area contributed by atoms with Gasteiger partial charge in [-0.1, -0.05) is 0 Å². The van der Waals surface area contributed by atoms with E-state index in [0.717, 1.165) is 25.7 Å². The second kappa shape index (κ2) is 7.15. The Bertz CT molecular complexity index is 874. The molecule has 6 heteroatoms. The number of hydrazone groups is 1. The highest BCUT2D eigenvalue weighted by Crippen LogP contribution is 2.20. The predicted molar refractivity (Wildman–Crippen MR) is 102 cm³/mol. The van der Waals surface area contributed by atoms with Crippen LogP contribution in [0.2, 0.25) is 0 Å². The van der Waals surface area contributed by atoms with Gasteiger partial charge in [0.15, 0.2) is 0 Å². The monoisotopic (exact) mass is 401 g/mol. The molecule has 3 rings (SSSR count). The first-order chi connectivity index (χ1) is 11.5. The normalized spacial score (nSPS) is 11.1. The molecule has 0 aliphatic carbocycles. The summed E-state index contributed by atoms with van der Waals surface area (Å²) in [6.07, 6.45) is 1.63. The van der Waals surface area contributed by atoms with E-state index in [-0.39, 0.29) is 5.91 Å². The molecule has 0 saturated carbocycles. The smallest absolute Gasteiger partial charge is 0.271 e. The number of aryl methyl sites for hydroxylation is 2. The molecule has 1 N–H and O–H groups in total. The molecule has 0 bridgehead atoms. The van der Waals surface area contributed by atoms with Crippen molar-refractivity contribution in [1.29, 1.82) is 0 Å². The van der Waals surface area contributed by atoms with Crippen molar-refractivity contribution in [2.75, 3.05) is 0 Å². The van der Waals surface area contributed by atoms with E-state index in [9.17, 15) is 4.79 Å². The fourth-order valence-electron chi connectivity index (χ4n) is 2.45. The molecular formula is C18H16BrN3OS. The van der Waals surface area contributed by atoms with Crippen LogP contribution in [0.4, 0.5) is 0 Å². The third-order valence-electron chi connectivity index (χ3n) is 3.61. The van der Waals surface area contributed by atoms with Crippen molar-refractivity contribution < 1.29 is 4.79 Å². The second-order valence-corrected chi connectivity index (χ2v) is 7.83. The van der Waals surface area contributed by atoms with Gasteiger partial charge in [-0.2, -0.15) is 5.10 Å². The van der Waals surface area contributed by atoms with Crippen LogP contribution in [-0.2, 0) is 0 Å². The maximum Gasteiger partial charge on any atom is 0.271 e. The Labute approximate surface area is 153 Å². The first kappa shape index (κ1) is 16.7. The van der Waals surface area contributed by atoms with Crippen molar-refractivity contribution in [2.24, 2.45) is 5.10 Å². The maximum atomic E-state index is 12.1. The lowest BCUT2D eigenvalue weighted by Gasteiger charge is -2.09. The van der Waals surface area contributed by atoms with E-state index >= 15 is 0 Å². The zero-order chi connectivity index (χ0) is 17.1. The molecule has 2 heterocycles. The quantitative estimate of drug-likeness (QED) is 0.500. The Morgan fingerprint density at radius 2 is 1.75 bits per heavy atom. The molecule has 1 amide bonds. The highest BCUT2D eigenvalue weighted by Gasteiger charge is 2.07. The van der Waals surface area contributed by atoms with Crippen LogP contribution in [-0.4, -0.2) is 16.7 Å². The van der Waals surface area contributed by atoms with Crippen LogP contribution in [0.1, 0.15) is 26.6 Å². The van der Waals surface area contributed by atoms with Crippen LogP contribution in [0.3, 0.4) is 0 Å². The minimum absolute atomic E-state index is 0.227. The summed E-state index contributed by atoms with van der Waals surface area (Å²) in [5.41, 5.74) is 6.49. The van der Waals surface area contributed by atoms with Gasteiger partial charge in [-0.25, -0.2) is 5.43 Å². The highest BCUT2D eigenvalue weighted by atomic mass is 79.9. The summed E-state index contributed by atoms with van der Waals surface area (Å²) >= 11 is 4.94. The summed E-state index contributed by atoms with van der Waals surface area (Å²) in [4.78, 5) is 13.1. The molecule has 0 unspecified atom stereocenters. The Morgan fingerprint density at radius 1 is 1.08 bits per heavy atom. The molecule has 0 spiro atoms. The Hall–Kier alpha value is -2.18. The number of amides is 1. The summed E-state index contributed by atoms with van der Waals surface area (Å²) in [6.45, 7) is 4.12. The minimum Gasteiger partial charge on any atom is -0.319 e. The number of halogens is 1. The molecule has 0 atom stereocenters. The SMILES string of the molecule is Cc1ccc(C)n1-c1ccc(C(=O)N/N=C\c2ccc(Br)s2)cc1. The molecule has 1 aromatic carbocycles. The van der Waals surface area contributed by atoms with E-state index < -0.39 is 0 Å². The molecule has 4 nitrogen and oxygen atoms in total. The van der Waals surface area contributed by atoms with Crippen molar-refractivity contribution in [2.45, 2.75) is 13.8 Å². The number of nitrogens with one attached hydrogen (secondary N) is 1. The summed E-state index contributed by atoms with van der Waals surface area (Å²) in [6, 6.07) is 15.5. The van der Waals surface area contributed by atoms with Crippen LogP contribution in [0.25, 0.3) is 5.69 Å². The first-order valence-corrected chi connectivity index (χ1v) is 8.99. The number of carbonyl (C=O) groups is 1. The Balaban J connectivity index is 1.69. The van der Waals surface area contributed by atoms with E-state index in [1.807, 2.05) is 24.3 Å². The number of nitrogens with zero attached hydrogens (tertiary/aromatic N) is 2. The number of aromatic nitrogens is 1. The van der Waals surface area contributed by atoms with E-state index in [0.29, 0.717) is 5.56 Å². The van der Waals surface area contributed by atoms with E-state index in [4.69, 9.17) is 0 Å². The Kier molecular flexibility index (Phi) is 4.97. The summed E-state index contributed by atoms with van der Waals surface area (Å²) in [5.74, 6) is -0.227. The van der Waals surface area contributed by atoms with Crippen molar-refractivity contribution >= 4 is 39.4 Å². The average Bonchev–Trinajstić information content (AvgIpc) is 3.13. The van der Waals surface area contributed by atoms with Gasteiger partial charge in [-0.05, 0) is 78.3 Å². The van der Waals surface area contributed by atoms with Gasteiger partial charge in [0.1, 0.15) is 0 Å². The van der Waals surface area contributed by atoms with Crippen LogP contribution < -0.4 is 5.43 Å². The van der Waals surface area contributed by atoms with Gasteiger partial charge in [0, 0.05) is 27.5 Å². The molecule has 122 valence electrons.